The third-order valence-electron chi connectivity index (χ3n) is 2.24. The van der Waals surface area contributed by atoms with Crippen molar-refractivity contribution in [1.82, 2.24) is 4.98 Å². The van der Waals surface area contributed by atoms with E-state index in [1.54, 1.807) is 12.4 Å². The first-order valence-electron chi connectivity index (χ1n) is 5.14. The standard InChI is InChI=1S/C13H11ClN2O/c1-9(17)16-11-6-10(7-15-8-11)12-4-2-3-5-13(12)14/h2-8H,1H3,(H,16,17). The minimum Gasteiger partial charge on any atom is -0.325 e. The van der Waals surface area contributed by atoms with Crippen molar-refractivity contribution in [3.8, 4) is 11.1 Å². The summed E-state index contributed by atoms with van der Waals surface area (Å²) in [6, 6.07) is 9.36. The highest BCUT2D eigenvalue weighted by atomic mass is 35.5. The van der Waals surface area contributed by atoms with E-state index in [-0.39, 0.29) is 5.91 Å². The lowest BCUT2D eigenvalue weighted by Crippen LogP contribution is -2.05. The van der Waals surface area contributed by atoms with Crippen molar-refractivity contribution in [1.29, 1.82) is 0 Å². The number of halogens is 1. The van der Waals surface area contributed by atoms with Crippen molar-refractivity contribution in [2.75, 3.05) is 5.32 Å². The molecular formula is C13H11ClN2O. The van der Waals surface area contributed by atoms with Crippen LogP contribution in [0.4, 0.5) is 5.69 Å². The summed E-state index contributed by atoms with van der Waals surface area (Å²) in [7, 11) is 0. The summed E-state index contributed by atoms with van der Waals surface area (Å²) in [5, 5.41) is 3.35. The normalized spacial score (nSPS) is 10.0. The number of hydrogen-bond acceptors (Lipinski definition) is 2. The van der Waals surface area contributed by atoms with E-state index in [0.717, 1.165) is 11.1 Å². The minimum absolute atomic E-state index is 0.122. The van der Waals surface area contributed by atoms with E-state index in [4.69, 9.17) is 11.6 Å². The molecule has 1 aromatic heterocycles. The average molecular weight is 247 g/mol. The van der Waals surface area contributed by atoms with Gasteiger partial charge in [0.25, 0.3) is 0 Å². The number of carbonyl (C=O) groups excluding carboxylic acids is 1. The monoisotopic (exact) mass is 246 g/mol. The van der Waals surface area contributed by atoms with Crippen LogP contribution in [0.3, 0.4) is 0 Å². The molecule has 0 aliphatic carbocycles. The summed E-state index contributed by atoms with van der Waals surface area (Å²) in [6.07, 6.45) is 3.31. The molecule has 0 saturated carbocycles. The second kappa shape index (κ2) is 4.97. The number of rotatable bonds is 2. The van der Waals surface area contributed by atoms with Crippen LogP contribution in [-0.2, 0) is 4.79 Å². The number of pyridine rings is 1. The third kappa shape index (κ3) is 2.82. The van der Waals surface area contributed by atoms with E-state index in [0.29, 0.717) is 10.7 Å². The summed E-state index contributed by atoms with van der Waals surface area (Å²) >= 11 is 6.10. The van der Waals surface area contributed by atoms with E-state index in [1.165, 1.54) is 6.92 Å². The Kier molecular flexibility index (Phi) is 3.40. The van der Waals surface area contributed by atoms with Crippen LogP contribution >= 0.6 is 11.6 Å². The second-order valence-electron chi connectivity index (χ2n) is 3.62. The molecule has 2 aromatic rings. The fourth-order valence-electron chi connectivity index (χ4n) is 1.55. The Morgan fingerprint density at radius 1 is 1.29 bits per heavy atom. The lowest BCUT2D eigenvalue weighted by atomic mass is 10.1. The molecule has 0 spiro atoms. The number of nitrogens with zero attached hydrogens (tertiary/aromatic N) is 1. The summed E-state index contributed by atoms with van der Waals surface area (Å²) in [5.74, 6) is -0.122. The molecule has 0 radical (unpaired) electrons. The van der Waals surface area contributed by atoms with E-state index in [9.17, 15) is 4.79 Å². The van der Waals surface area contributed by atoms with Crippen molar-refractivity contribution in [2.24, 2.45) is 0 Å². The van der Waals surface area contributed by atoms with Crippen LogP contribution in [0.25, 0.3) is 11.1 Å². The second-order valence-corrected chi connectivity index (χ2v) is 4.03. The van der Waals surface area contributed by atoms with Crippen LogP contribution in [0.2, 0.25) is 5.02 Å². The van der Waals surface area contributed by atoms with Crippen LogP contribution in [0.5, 0.6) is 0 Å². The van der Waals surface area contributed by atoms with Gasteiger partial charge in [-0.15, -0.1) is 0 Å². The predicted molar refractivity (Wildman–Crippen MR) is 69.0 cm³/mol. The maximum Gasteiger partial charge on any atom is 0.221 e. The van der Waals surface area contributed by atoms with E-state index < -0.39 is 0 Å². The number of nitrogens with one attached hydrogen (secondary N) is 1. The molecule has 4 heteroatoms. The number of carbonyl (C=O) groups is 1. The van der Waals surface area contributed by atoms with Gasteiger partial charge in [-0.1, -0.05) is 29.8 Å². The van der Waals surface area contributed by atoms with Crippen molar-refractivity contribution in [3.63, 3.8) is 0 Å². The fourth-order valence-corrected chi connectivity index (χ4v) is 1.80. The van der Waals surface area contributed by atoms with Crippen LogP contribution in [0.1, 0.15) is 6.92 Å². The first-order chi connectivity index (χ1) is 8.16. The average Bonchev–Trinajstić information content (AvgIpc) is 2.29. The Hall–Kier alpha value is -1.87. The minimum atomic E-state index is -0.122. The maximum absolute atomic E-state index is 11.0. The van der Waals surface area contributed by atoms with Gasteiger partial charge in [0.2, 0.25) is 5.91 Å². The van der Waals surface area contributed by atoms with Crippen molar-refractivity contribution in [2.45, 2.75) is 6.92 Å². The number of hydrogen-bond donors (Lipinski definition) is 1. The topological polar surface area (TPSA) is 42.0 Å². The van der Waals surface area contributed by atoms with Gasteiger partial charge in [0.05, 0.1) is 11.9 Å². The van der Waals surface area contributed by atoms with Gasteiger partial charge in [0.15, 0.2) is 0 Å². The first-order valence-corrected chi connectivity index (χ1v) is 5.52. The third-order valence-corrected chi connectivity index (χ3v) is 2.57. The largest absolute Gasteiger partial charge is 0.325 e. The van der Waals surface area contributed by atoms with Gasteiger partial charge in [-0.3, -0.25) is 9.78 Å². The molecule has 1 N–H and O–H groups in total. The molecule has 1 amide bonds. The molecule has 1 aromatic carbocycles. The Balaban J connectivity index is 2.40. The molecule has 0 saturated heterocycles. The zero-order chi connectivity index (χ0) is 12.3. The molecular weight excluding hydrogens is 236 g/mol. The highest BCUT2D eigenvalue weighted by Gasteiger charge is 2.04. The molecule has 2 rings (SSSR count). The molecule has 3 nitrogen and oxygen atoms in total. The molecule has 0 unspecified atom stereocenters. The van der Waals surface area contributed by atoms with Gasteiger partial charge in [-0.05, 0) is 12.1 Å². The van der Waals surface area contributed by atoms with Gasteiger partial charge in [-0.25, -0.2) is 0 Å². The van der Waals surface area contributed by atoms with E-state index in [2.05, 4.69) is 10.3 Å². The highest BCUT2D eigenvalue weighted by Crippen LogP contribution is 2.28. The molecule has 0 atom stereocenters. The Morgan fingerprint density at radius 2 is 2.06 bits per heavy atom. The summed E-state index contributed by atoms with van der Waals surface area (Å²) in [6.45, 7) is 1.46. The summed E-state index contributed by atoms with van der Waals surface area (Å²) in [5.41, 5.74) is 2.44. The van der Waals surface area contributed by atoms with Crippen LogP contribution in [-0.4, -0.2) is 10.9 Å². The molecule has 0 fully saturated rings. The number of benzene rings is 1. The lowest BCUT2D eigenvalue weighted by molar-refractivity contribution is -0.114. The van der Waals surface area contributed by atoms with Crippen LogP contribution in [0, 0.1) is 0 Å². The number of anilines is 1. The Bertz CT molecular complexity index is 555. The smallest absolute Gasteiger partial charge is 0.221 e. The Labute approximate surface area is 104 Å². The van der Waals surface area contributed by atoms with Crippen LogP contribution < -0.4 is 5.32 Å². The molecule has 0 bridgehead atoms. The Morgan fingerprint density at radius 3 is 2.76 bits per heavy atom. The van der Waals surface area contributed by atoms with Crippen molar-refractivity contribution >= 4 is 23.2 Å². The zero-order valence-electron chi connectivity index (χ0n) is 9.27. The maximum atomic E-state index is 11.0. The van der Waals surface area contributed by atoms with Gasteiger partial charge < -0.3 is 5.32 Å². The van der Waals surface area contributed by atoms with E-state index in [1.807, 2.05) is 30.3 Å². The van der Waals surface area contributed by atoms with E-state index >= 15 is 0 Å². The van der Waals surface area contributed by atoms with Gasteiger partial charge >= 0.3 is 0 Å². The van der Waals surface area contributed by atoms with Gasteiger partial charge in [0.1, 0.15) is 0 Å². The van der Waals surface area contributed by atoms with Gasteiger partial charge in [-0.2, -0.15) is 0 Å². The first kappa shape index (κ1) is 11.6. The quantitative estimate of drug-likeness (QED) is 0.883. The zero-order valence-corrected chi connectivity index (χ0v) is 10.0. The molecule has 1 heterocycles. The highest BCUT2D eigenvalue weighted by molar-refractivity contribution is 6.33. The summed E-state index contributed by atoms with van der Waals surface area (Å²) in [4.78, 5) is 15.0. The molecule has 86 valence electrons. The predicted octanol–water partition coefficient (Wildman–Crippen LogP) is 3.36. The molecule has 0 aliphatic rings. The van der Waals surface area contributed by atoms with Gasteiger partial charge in [0, 0.05) is 29.3 Å². The SMILES string of the molecule is CC(=O)Nc1cncc(-c2ccccc2Cl)c1. The molecule has 17 heavy (non-hydrogen) atoms. The van der Waals surface area contributed by atoms with Crippen molar-refractivity contribution < 1.29 is 4.79 Å². The molecule has 0 aliphatic heterocycles. The van der Waals surface area contributed by atoms with Crippen molar-refractivity contribution in [3.05, 3.63) is 47.7 Å². The summed E-state index contributed by atoms with van der Waals surface area (Å²) < 4.78 is 0. The lowest BCUT2D eigenvalue weighted by Gasteiger charge is -2.06. The van der Waals surface area contributed by atoms with Crippen LogP contribution in [0.15, 0.2) is 42.7 Å². The fraction of sp³-hybridized carbons (Fsp3) is 0.0769. The number of amides is 1. The number of aromatic nitrogens is 1.